The van der Waals surface area contributed by atoms with Crippen molar-refractivity contribution < 1.29 is 47.6 Å². The maximum Gasteiger partial charge on any atom is 0.303 e. The first-order valence-electron chi connectivity index (χ1n) is 9.63. The highest BCUT2D eigenvalue weighted by Gasteiger charge is 2.54. The summed E-state index contributed by atoms with van der Waals surface area (Å²) in [6.07, 6.45) is -5.67. The molecule has 1 aromatic rings. The maximum absolute atomic E-state index is 11.7. The summed E-state index contributed by atoms with van der Waals surface area (Å²) in [5.41, 5.74) is 0.830. The van der Waals surface area contributed by atoms with E-state index < -0.39 is 54.6 Å². The zero-order chi connectivity index (χ0) is 23.0. The molecule has 2 rings (SSSR count). The van der Waals surface area contributed by atoms with Crippen molar-refractivity contribution in [3.05, 3.63) is 35.9 Å². The zero-order valence-corrected chi connectivity index (χ0v) is 17.8. The lowest BCUT2D eigenvalue weighted by Gasteiger charge is -2.27. The second kappa shape index (κ2) is 11.4. The van der Waals surface area contributed by atoms with E-state index in [0.717, 1.165) is 5.56 Å². The lowest BCUT2D eigenvalue weighted by atomic mass is 10.1. The van der Waals surface area contributed by atoms with Crippen LogP contribution in [0.15, 0.2) is 30.3 Å². The lowest BCUT2D eigenvalue weighted by Crippen LogP contribution is -2.46. The van der Waals surface area contributed by atoms with Crippen molar-refractivity contribution in [2.45, 2.75) is 65.0 Å². The van der Waals surface area contributed by atoms with Crippen LogP contribution in [0.4, 0.5) is 0 Å². The van der Waals surface area contributed by atoms with Gasteiger partial charge in [0.25, 0.3) is 0 Å². The molecule has 0 aliphatic carbocycles. The van der Waals surface area contributed by atoms with Crippen LogP contribution >= 0.6 is 0 Å². The molecule has 0 radical (unpaired) electrons. The number of esters is 4. The number of hydrogen-bond donors (Lipinski definition) is 0. The summed E-state index contributed by atoms with van der Waals surface area (Å²) in [5.74, 6) is -2.59. The molecule has 1 aliphatic rings. The fourth-order valence-electron chi connectivity index (χ4n) is 3.09. The van der Waals surface area contributed by atoms with Crippen molar-refractivity contribution >= 4 is 23.9 Å². The molecule has 5 unspecified atom stereocenters. The van der Waals surface area contributed by atoms with Crippen molar-refractivity contribution in [2.75, 3.05) is 6.61 Å². The van der Waals surface area contributed by atoms with E-state index in [1.807, 2.05) is 30.3 Å². The van der Waals surface area contributed by atoms with Crippen molar-refractivity contribution in [3.63, 3.8) is 0 Å². The van der Waals surface area contributed by atoms with Gasteiger partial charge in [-0.1, -0.05) is 30.3 Å². The van der Waals surface area contributed by atoms with Crippen molar-refractivity contribution in [1.82, 2.24) is 0 Å². The molecule has 0 amide bonds. The van der Waals surface area contributed by atoms with Crippen LogP contribution in [0.3, 0.4) is 0 Å². The molecule has 0 saturated carbocycles. The number of carbonyl (C=O) groups is 4. The quantitative estimate of drug-likeness (QED) is 0.411. The first kappa shape index (κ1) is 24.3. The number of ether oxygens (including phenoxy) is 6. The minimum absolute atomic E-state index is 0.116. The third-order valence-corrected chi connectivity index (χ3v) is 4.20. The molecule has 10 nitrogen and oxygen atoms in total. The fraction of sp³-hybridized carbons (Fsp3) is 0.524. The Morgan fingerprint density at radius 2 is 1.48 bits per heavy atom. The van der Waals surface area contributed by atoms with Gasteiger partial charge in [0.05, 0.1) is 6.61 Å². The highest BCUT2D eigenvalue weighted by atomic mass is 16.7. The molecular formula is C21H26O10. The van der Waals surface area contributed by atoms with Crippen LogP contribution < -0.4 is 0 Å². The summed E-state index contributed by atoms with van der Waals surface area (Å²) >= 11 is 0. The van der Waals surface area contributed by atoms with Gasteiger partial charge in [0, 0.05) is 27.7 Å². The average molecular weight is 438 g/mol. The summed E-state index contributed by atoms with van der Waals surface area (Å²) in [4.78, 5) is 46.3. The van der Waals surface area contributed by atoms with E-state index in [-0.39, 0.29) is 13.2 Å². The van der Waals surface area contributed by atoms with Gasteiger partial charge in [0.15, 0.2) is 24.6 Å². The van der Waals surface area contributed by atoms with Crippen LogP contribution in [0.25, 0.3) is 0 Å². The van der Waals surface area contributed by atoms with Gasteiger partial charge in [0.2, 0.25) is 0 Å². The maximum atomic E-state index is 11.7. The molecule has 1 saturated heterocycles. The molecular weight excluding hydrogens is 412 g/mol. The largest absolute Gasteiger partial charge is 0.462 e. The molecule has 1 fully saturated rings. The molecule has 0 aromatic heterocycles. The molecule has 5 atom stereocenters. The molecule has 0 spiro atoms. The predicted octanol–water partition coefficient (Wildman–Crippen LogP) is 1.29. The highest BCUT2D eigenvalue weighted by Crippen LogP contribution is 2.32. The smallest absolute Gasteiger partial charge is 0.303 e. The van der Waals surface area contributed by atoms with Crippen molar-refractivity contribution in [2.24, 2.45) is 0 Å². The SMILES string of the molecule is CC(=O)OCC(OC(C)=O)C1OC(OCc2ccccc2)C(OC(C)=O)C1OC(C)=O. The van der Waals surface area contributed by atoms with Gasteiger partial charge in [-0.15, -0.1) is 0 Å². The molecule has 170 valence electrons. The Labute approximate surface area is 179 Å². The number of carbonyl (C=O) groups excluding carboxylic acids is 4. The summed E-state index contributed by atoms with van der Waals surface area (Å²) in [6.45, 7) is 4.49. The van der Waals surface area contributed by atoms with Crippen LogP contribution in [0.2, 0.25) is 0 Å². The third-order valence-electron chi connectivity index (χ3n) is 4.20. The molecule has 1 aliphatic heterocycles. The Balaban J connectivity index is 2.29. The van der Waals surface area contributed by atoms with Crippen LogP contribution in [0.5, 0.6) is 0 Å². The number of hydrogen-bond acceptors (Lipinski definition) is 10. The van der Waals surface area contributed by atoms with E-state index >= 15 is 0 Å². The summed E-state index contributed by atoms with van der Waals surface area (Å²) in [5, 5.41) is 0. The Kier molecular flexibility index (Phi) is 8.95. The summed E-state index contributed by atoms with van der Waals surface area (Å²) in [7, 11) is 0. The molecule has 31 heavy (non-hydrogen) atoms. The minimum atomic E-state index is -1.16. The Morgan fingerprint density at radius 3 is 2.03 bits per heavy atom. The number of benzene rings is 1. The molecule has 1 heterocycles. The normalized spacial score (nSPS) is 23.5. The van der Waals surface area contributed by atoms with E-state index in [1.54, 1.807) is 0 Å². The van der Waals surface area contributed by atoms with Crippen molar-refractivity contribution in [3.8, 4) is 0 Å². The Morgan fingerprint density at radius 1 is 0.871 bits per heavy atom. The lowest BCUT2D eigenvalue weighted by molar-refractivity contribution is -0.203. The predicted molar refractivity (Wildman–Crippen MR) is 103 cm³/mol. The van der Waals surface area contributed by atoms with Gasteiger partial charge in [-0.2, -0.15) is 0 Å². The van der Waals surface area contributed by atoms with E-state index in [9.17, 15) is 19.2 Å². The van der Waals surface area contributed by atoms with Gasteiger partial charge in [0.1, 0.15) is 12.7 Å². The van der Waals surface area contributed by atoms with Crippen LogP contribution in [0.1, 0.15) is 33.3 Å². The van der Waals surface area contributed by atoms with Crippen molar-refractivity contribution in [1.29, 1.82) is 0 Å². The highest BCUT2D eigenvalue weighted by molar-refractivity contribution is 5.68. The zero-order valence-electron chi connectivity index (χ0n) is 17.8. The average Bonchev–Trinajstić information content (AvgIpc) is 3.00. The molecule has 0 N–H and O–H groups in total. The number of rotatable bonds is 9. The Bertz CT molecular complexity index is 778. The first-order chi connectivity index (χ1) is 14.7. The standard InChI is InChI=1S/C21H26O10/c1-12(22)26-11-17(28-13(2)23)18-19(29-14(3)24)20(30-15(4)25)21(31-18)27-10-16-8-6-5-7-9-16/h5-9,17-21H,10-11H2,1-4H3. The van der Waals surface area contributed by atoms with Gasteiger partial charge in [-0.05, 0) is 5.56 Å². The van der Waals surface area contributed by atoms with E-state index in [0.29, 0.717) is 0 Å². The Hall–Kier alpha value is -2.98. The third kappa shape index (κ3) is 7.65. The van der Waals surface area contributed by atoms with Gasteiger partial charge >= 0.3 is 23.9 Å². The monoisotopic (exact) mass is 438 g/mol. The molecule has 1 aromatic carbocycles. The van der Waals surface area contributed by atoms with Crippen LogP contribution in [-0.4, -0.2) is 61.2 Å². The van der Waals surface area contributed by atoms with Gasteiger partial charge < -0.3 is 28.4 Å². The summed E-state index contributed by atoms with van der Waals surface area (Å²) in [6, 6.07) is 9.18. The van der Waals surface area contributed by atoms with E-state index in [4.69, 9.17) is 28.4 Å². The van der Waals surface area contributed by atoms with Gasteiger partial charge in [-0.3, -0.25) is 19.2 Å². The first-order valence-corrected chi connectivity index (χ1v) is 9.63. The minimum Gasteiger partial charge on any atom is -0.462 e. The topological polar surface area (TPSA) is 124 Å². The second-order valence-electron chi connectivity index (χ2n) is 6.86. The van der Waals surface area contributed by atoms with Crippen LogP contribution in [0, 0.1) is 0 Å². The molecule has 0 bridgehead atoms. The summed E-state index contributed by atoms with van der Waals surface area (Å²) < 4.78 is 32.5. The second-order valence-corrected chi connectivity index (χ2v) is 6.86. The van der Waals surface area contributed by atoms with Crippen LogP contribution in [-0.2, 0) is 54.2 Å². The van der Waals surface area contributed by atoms with E-state index in [2.05, 4.69) is 0 Å². The fourth-order valence-corrected chi connectivity index (χ4v) is 3.09. The molecule has 10 heteroatoms. The van der Waals surface area contributed by atoms with E-state index in [1.165, 1.54) is 27.7 Å². The van der Waals surface area contributed by atoms with Gasteiger partial charge in [-0.25, -0.2) is 0 Å².